The summed E-state index contributed by atoms with van der Waals surface area (Å²) in [5.74, 6) is -0.392. The Kier molecular flexibility index (Phi) is 5.19. The van der Waals surface area contributed by atoms with Gasteiger partial charge in [0.25, 0.3) is 0 Å². The molecule has 21 heavy (non-hydrogen) atoms. The molecule has 0 bridgehead atoms. The van der Waals surface area contributed by atoms with E-state index in [0.29, 0.717) is 0 Å². The minimum atomic E-state index is -3.73. The van der Waals surface area contributed by atoms with Gasteiger partial charge in [0.2, 0.25) is 10.0 Å². The Morgan fingerprint density at radius 2 is 2.00 bits per heavy atom. The van der Waals surface area contributed by atoms with E-state index in [-0.39, 0.29) is 21.3 Å². The molecular formula is C14H15BrFNO2S2. The maximum Gasteiger partial charge on any atom is 0.242 e. The van der Waals surface area contributed by atoms with Crippen molar-refractivity contribution >= 4 is 37.3 Å². The van der Waals surface area contributed by atoms with Gasteiger partial charge in [-0.2, -0.15) is 0 Å². The fourth-order valence-corrected chi connectivity index (χ4v) is 5.35. The van der Waals surface area contributed by atoms with Crippen LogP contribution in [0.4, 0.5) is 4.39 Å². The predicted molar refractivity (Wildman–Crippen MR) is 86.3 cm³/mol. The van der Waals surface area contributed by atoms with Crippen LogP contribution in [0.5, 0.6) is 0 Å². The van der Waals surface area contributed by atoms with Gasteiger partial charge in [0.15, 0.2) is 0 Å². The largest absolute Gasteiger partial charge is 0.242 e. The predicted octanol–water partition coefficient (Wildman–Crippen LogP) is 4.33. The highest BCUT2D eigenvalue weighted by molar-refractivity contribution is 9.10. The average molecular weight is 392 g/mol. The van der Waals surface area contributed by atoms with Gasteiger partial charge < -0.3 is 0 Å². The first-order valence-corrected chi connectivity index (χ1v) is 9.47. The molecule has 0 aliphatic rings. The number of rotatable bonds is 5. The fourth-order valence-electron chi connectivity index (χ4n) is 1.91. The van der Waals surface area contributed by atoms with E-state index >= 15 is 0 Å². The number of benzene rings is 1. The van der Waals surface area contributed by atoms with Crippen LogP contribution in [0.2, 0.25) is 0 Å². The quantitative estimate of drug-likeness (QED) is 0.824. The third-order valence-electron chi connectivity index (χ3n) is 2.98. The Morgan fingerprint density at radius 1 is 1.29 bits per heavy atom. The Balaban J connectivity index is 2.35. The maximum absolute atomic E-state index is 13.1. The Hall–Kier alpha value is -0.760. The lowest BCUT2D eigenvalue weighted by Crippen LogP contribution is -2.31. The van der Waals surface area contributed by atoms with Crippen molar-refractivity contribution in [2.45, 2.75) is 24.8 Å². The van der Waals surface area contributed by atoms with Crippen LogP contribution in [0, 0.1) is 11.7 Å². The van der Waals surface area contributed by atoms with Crippen molar-refractivity contribution < 1.29 is 12.8 Å². The molecule has 0 saturated carbocycles. The van der Waals surface area contributed by atoms with Gasteiger partial charge in [0.05, 0.1) is 10.9 Å². The molecule has 7 heteroatoms. The van der Waals surface area contributed by atoms with Crippen molar-refractivity contribution in [3.8, 4) is 0 Å². The lowest BCUT2D eigenvalue weighted by Gasteiger charge is -2.21. The van der Waals surface area contributed by atoms with Gasteiger partial charge in [-0.3, -0.25) is 0 Å². The molecule has 0 aliphatic heterocycles. The number of halogens is 2. The van der Waals surface area contributed by atoms with E-state index in [1.54, 1.807) is 0 Å². The van der Waals surface area contributed by atoms with Crippen LogP contribution < -0.4 is 4.72 Å². The van der Waals surface area contributed by atoms with E-state index in [0.717, 1.165) is 17.0 Å². The number of nitrogens with one attached hydrogen (secondary N) is 1. The second-order valence-corrected chi connectivity index (χ2v) is 8.45. The lowest BCUT2D eigenvalue weighted by molar-refractivity contribution is 0.468. The number of thiophene rings is 1. The van der Waals surface area contributed by atoms with Gasteiger partial charge in [-0.25, -0.2) is 17.5 Å². The van der Waals surface area contributed by atoms with Gasteiger partial charge in [0.1, 0.15) is 5.82 Å². The Labute approximate surface area is 136 Å². The monoisotopic (exact) mass is 391 g/mol. The van der Waals surface area contributed by atoms with E-state index in [2.05, 4.69) is 20.7 Å². The van der Waals surface area contributed by atoms with E-state index in [9.17, 15) is 12.8 Å². The second kappa shape index (κ2) is 6.56. The van der Waals surface area contributed by atoms with Gasteiger partial charge >= 0.3 is 0 Å². The fraction of sp³-hybridized carbons (Fsp3) is 0.286. The summed E-state index contributed by atoms with van der Waals surface area (Å²) >= 11 is 4.61. The Bertz CT molecular complexity index is 715. The van der Waals surface area contributed by atoms with Gasteiger partial charge in [-0.05, 0) is 51.5 Å². The molecule has 0 aliphatic carbocycles. The SMILES string of the molecule is CC(C)C(NS(=O)(=O)c1ccc(F)cc1Br)c1cccs1. The molecular weight excluding hydrogens is 377 g/mol. The highest BCUT2D eigenvalue weighted by atomic mass is 79.9. The van der Waals surface area contributed by atoms with Gasteiger partial charge in [-0.15, -0.1) is 11.3 Å². The molecule has 2 rings (SSSR count). The molecule has 0 amide bonds. The van der Waals surface area contributed by atoms with Crippen molar-refractivity contribution in [3.05, 3.63) is 50.9 Å². The lowest BCUT2D eigenvalue weighted by atomic mass is 10.0. The summed E-state index contributed by atoms with van der Waals surface area (Å²) in [5, 5.41) is 1.91. The van der Waals surface area contributed by atoms with Crippen molar-refractivity contribution in [3.63, 3.8) is 0 Å². The average Bonchev–Trinajstić information content (AvgIpc) is 2.88. The summed E-state index contributed by atoms with van der Waals surface area (Å²) < 4.78 is 41.1. The molecule has 114 valence electrons. The summed E-state index contributed by atoms with van der Waals surface area (Å²) in [7, 11) is -3.73. The van der Waals surface area contributed by atoms with E-state index in [1.807, 2.05) is 31.4 Å². The summed E-state index contributed by atoms with van der Waals surface area (Å²) in [4.78, 5) is 0.984. The van der Waals surface area contributed by atoms with Crippen LogP contribution in [0.3, 0.4) is 0 Å². The van der Waals surface area contributed by atoms with Crippen molar-refractivity contribution in [1.29, 1.82) is 0 Å². The van der Waals surface area contributed by atoms with Crippen LogP contribution in [0.15, 0.2) is 45.1 Å². The number of sulfonamides is 1. The van der Waals surface area contributed by atoms with Crippen LogP contribution in [0.25, 0.3) is 0 Å². The first-order chi connectivity index (χ1) is 9.81. The molecule has 0 fully saturated rings. The third kappa shape index (κ3) is 3.91. The normalized spacial score (nSPS) is 13.6. The molecule has 0 radical (unpaired) electrons. The van der Waals surface area contributed by atoms with Crippen LogP contribution in [-0.2, 0) is 10.0 Å². The van der Waals surface area contributed by atoms with Gasteiger partial charge in [0, 0.05) is 9.35 Å². The smallest absolute Gasteiger partial charge is 0.207 e. The molecule has 1 atom stereocenters. The van der Waals surface area contributed by atoms with Crippen LogP contribution in [0.1, 0.15) is 24.8 Å². The molecule has 3 nitrogen and oxygen atoms in total. The zero-order chi connectivity index (χ0) is 15.6. The second-order valence-electron chi connectivity index (χ2n) is 4.93. The summed E-state index contributed by atoms with van der Waals surface area (Å²) in [6.07, 6.45) is 0. The number of hydrogen-bond donors (Lipinski definition) is 1. The highest BCUT2D eigenvalue weighted by Crippen LogP contribution is 2.29. The molecule has 0 spiro atoms. The van der Waals surface area contributed by atoms with E-state index in [4.69, 9.17) is 0 Å². The highest BCUT2D eigenvalue weighted by Gasteiger charge is 2.26. The van der Waals surface area contributed by atoms with Crippen LogP contribution >= 0.6 is 27.3 Å². The molecule has 1 heterocycles. The minimum Gasteiger partial charge on any atom is -0.207 e. The number of hydrogen-bond acceptors (Lipinski definition) is 3. The standard InChI is InChI=1S/C14H15BrFNO2S2/c1-9(2)14(12-4-3-7-20-12)17-21(18,19)13-6-5-10(16)8-11(13)15/h3-9,14,17H,1-2H3. The van der Waals surface area contributed by atoms with Crippen LogP contribution in [-0.4, -0.2) is 8.42 Å². The zero-order valence-electron chi connectivity index (χ0n) is 11.5. The summed E-state index contributed by atoms with van der Waals surface area (Å²) in [5.41, 5.74) is 0. The van der Waals surface area contributed by atoms with Crippen molar-refractivity contribution in [2.24, 2.45) is 5.92 Å². The maximum atomic E-state index is 13.1. The molecule has 0 saturated heterocycles. The van der Waals surface area contributed by atoms with Gasteiger partial charge in [-0.1, -0.05) is 19.9 Å². The first kappa shape index (κ1) is 16.6. The zero-order valence-corrected chi connectivity index (χ0v) is 14.7. The topological polar surface area (TPSA) is 46.2 Å². The summed E-state index contributed by atoms with van der Waals surface area (Å²) in [6.45, 7) is 3.90. The summed E-state index contributed by atoms with van der Waals surface area (Å²) in [6, 6.07) is 7.01. The minimum absolute atomic E-state index is 0.0334. The van der Waals surface area contributed by atoms with Crippen molar-refractivity contribution in [2.75, 3.05) is 0 Å². The molecule has 1 aromatic heterocycles. The molecule has 1 unspecified atom stereocenters. The van der Waals surface area contributed by atoms with E-state index in [1.165, 1.54) is 17.4 Å². The molecule has 2 aromatic rings. The molecule has 1 aromatic carbocycles. The first-order valence-electron chi connectivity index (χ1n) is 6.32. The van der Waals surface area contributed by atoms with E-state index < -0.39 is 15.8 Å². The van der Waals surface area contributed by atoms with Crippen molar-refractivity contribution in [1.82, 2.24) is 4.72 Å². The third-order valence-corrected chi connectivity index (χ3v) is 6.36. The molecule has 1 N–H and O–H groups in total. The Morgan fingerprint density at radius 3 is 2.52 bits per heavy atom.